The van der Waals surface area contributed by atoms with Gasteiger partial charge in [-0.1, -0.05) is 103 Å². The van der Waals surface area contributed by atoms with E-state index in [1.165, 1.54) is 0 Å². The topological polar surface area (TPSA) is 49.4 Å². The van der Waals surface area contributed by atoms with Crippen molar-refractivity contribution in [3.63, 3.8) is 0 Å². The molecular formula is C30H32Cl2N2O2. The van der Waals surface area contributed by atoms with Crippen molar-refractivity contribution in [2.24, 2.45) is 0 Å². The van der Waals surface area contributed by atoms with E-state index in [0.29, 0.717) is 29.3 Å². The van der Waals surface area contributed by atoms with Crippen LogP contribution in [0.15, 0.2) is 78.9 Å². The number of rotatable bonds is 10. The molecule has 1 unspecified atom stereocenters. The summed E-state index contributed by atoms with van der Waals surface area (Å²) in [4.78, 5) is 29.1. The zero-order valence-electron chi connectivity index (χ0n) is 20.3. The summed E-state index contributed by atoms with van der Waals surface area (Å²) in [5, 5.41) is 4.13. The van der Waals surface area contributed by atoms with Crippen molar-refractivity contribution in [1.82, 2.24) is 10.2 Å². The molecule has 4 rings (SSSR count). The molecule has 1 fully saturated rings. The minimum atomic E-state index is -0.634. The first-order chi connectivity index (χ1) is 17.5. The molecule has 4 nitrogen and oxygen atoms in total. The fraction of sp³-hybridized carbons (Fsp3) is 0.333. The molecule has 1 N–H and O–H groups in total. The molecular weight excluding hydrogens is 491 g/mol. The second-order valence-corrected chi connectivity index (χ2v) is 10.3. The largest absolute Gasteiger partial charge is 0.352 e. The molecule has 1 saturated carbocycles. The van der Waals surface area contributed by atoms with E-state index in [9.17, 15) is 9.59 Å². The Balaban J connectivity index is 1.62. The third kappa shape index (κ3) is 7.35. The highest BCUT2D eigenvalue weighted by molar-refractivity contribution is 6.42. The van der Waals surface area contributed by atoms with Gasteiger partial charge in [-0.2, -0.15) is 0 Å². The van der Waals surface area contributed by atoms with Gasteiger partial charge in [0, 0.05) is 25.4 Å². The Labute approximate surface area is 223 Å². The van der Waals surface area contributed by atoms with Crippen molar-refractivity contribution in [2.75, 3.05) is 0 Å². The molecule has 3 aromatic rings. The maximum absolute atomic E-state index is 13.7. The number of carbonyl (C=O) groups is 2. The summed E-state index contributed by atoms with van der Waals surface area (Å²) in [5.41, 5.74) is 2.94. The Hall–Kier alpha value is -2.82. The molecule has 0 saturated heterocycles. The summed E-state index contributed by atoms with van der Waals surface area (Å²) in [7, 11) is 0. The number of carbonyl (C=O) groups excluding carboxylic acids is 2. The standard InChI is InChI=1S/C30H32Cl2N2O2/c31-26-17-15-24(19-27(26)32)21-34(29(35)18-16-22-9-3-1-4-10-22)28(20-23-11-5-2-6-12-23)30(36)33-25-13-7-8-14-25/h1-6,9-12,15,17,19,25,28H,7-8,13-14,16,18,20-21H2,(H,33,36). The Kier molecular flexibility index (Phi) is 9.43. The maximum Gasteiger partial charge on any atom is 0.243 e. The lowest BCUT2D eigenvalue weighted by Crippen LogP contribution is -2.52. The van der Waals surface area contributed by atoms with Crippen LogP contribution in [0, 0.1) is 0 Å². The number of benzene rings is 3. The first kappa shape index (κ1) is 26.2. The van der Waals surface area contributed by atoms with E-state index in [4.69, 9.17) is 23.2 Å². The predicted octanol–water partition coefficient (Wildman–Crippen LogP) is 6.62. The van der Waals surface area contributed by atoms with Crippen LogP contribution in [0.3, 0.4) is 0 Å². The van der Waals surface area contributed by atoms with E-state index < -0.39 is 6.04 Å². The smallest absolute Gasteiger partial charge is 0.243 e. The van der Waals surface area contributed by atoms with Gasteiger partial charge in [-0.25, -0.2) is 0 Å². The maximum atomic E-state index is 13.7. The van der Waals surface area contributed by atoms with Crippen molar-refractivity contribution in [1.29, 1.82) is 0 Å². The molecule has 0 radical (unpaired) electrons. The van der Waals surface area contributed by atoms with Gasteiger partial charge in [0.25, 0.3) is 0 Å². The SMILES string of the molecule is O=C(NC1CCCC1)C(Cc1ccccc1)N(Cc1ccc(Cl)c(Cl)c1)C(=O)CCc1ccccc1. The highest BCUT2D eigenvalue weighted by atomic mass is 35.5. The van der Waals surface area contributed by atoms with Gasteiger partial charge in [-0.05, 0) is 48.1 Å². The molecule has 0 aliphatic heterocycles. The number of hydrogen-bond acceptors (Lipinski definition) is 2. The Morgan fingerprint density at radius 3 is 2.11 bits per heavy atom. The van der Waals surface area contributed by atoms with Crippen molar-refractivity contribution >= 4 is 35.0 Å². The van der Waals surface area contributed by atoms with E-state index in [1.54, 1.807) is 17.0 Å². The average Bonchev–Trinajstić information content (AvgIpc) is 3.41. The zero-order chi connectivity index (χ0) is 25.3. The molecule has 188 valence electrons. The molecule has 0 spiro atoms. The van der Waals surface area contributed by atoms with Gasteiger partial charge in [-0.3, -0.25) is 9.59 Å². The van der Waals surface area contributed by atoms with Gasteiger partial charge in [0.05, 0.1) is 10.0 Å². The Bertz CT molecular complexity index is 1150. The zero-order valence-corrected chi connectivity index (χ0v) is 21.8. The third-order valence-electron chi connectivity index (χ3n) is 6.78. The Morgan fingerprint density at radius 1 is 0.833 bits per heavy atom. The molecule has 1 aliphatic rings. The van der Waals surface area contributed by atoms with Crippen LogP contribution in [-0.2, 0) is 29.0 Å². The minimum Gasteiger partial charge on any atom is -0.352 e. The fourth-order valence-electron chi connectivity index (χ4n) is 4.80. The molecule has 0 aromatic heterocycles. The number of nitrogens with zero attached hydrogens (tertiary/aromatic N) is 1. The van der Waals surface area contributed by atoms with Crippen LogP contribution in [0.4, 0.5) is 0 Å². The Morgan fingerprint density at radius 2 is 1.47 bits per heavy atom. The second kappa shape index (κ2) is 12.9. The fourth-order valence-corrected chi connectivity index (χ4v) is 5.12. The summed E-state index contributed by atoms with van der Waals surface area (Å²) in [5.74, 6) is -0.161. The lowest BCUT2D eigenvalue weighted by molar-refractivity contribution is -0.141. The normalized spacial score (nSPS) is 14.4. The van der Waals surface area contributed by atoms with E-state index in [1.807, 2.05) is 66.7 Å². The van der Waals surface area contributed by atoms with Crippen molar-refractivity contribution < 1.29 is 9.59 Å². The summed E-state index contributed by atoms with van der Waals surface area (Å²) in [6, 6.07) is 24.7. The van der Waals surface area contributed by atoms with Gasteiger partial charge in [0.2, 0.25) is 11.8 Å². The van der Waals surface area contributed by atoms with Gasteiger partial charge < -0.3 is 10.2 Å². The lowest BCUT2D eigenvalue weighted by Gasteiger charge is -2.32. The first-order valence-corrected chi connectivity index (χ1v) is 13.4. The second-order valence-electron chi connectivity index (χ2n) is 9.45. The molecule has 1 aliphatic carbocycles. The molecule has 1 atom stereocenters. The van der Waals surface area contributed by atoms with Gasteiger partial charge in [0.1, 0.15) is 6.04 Å². The molecule has 3 aromatic carbocycles. The predicted molar refractivity (Wildman–Crippen MR) is 146 cm³/mol. The highest BCUT2D eigenvalue weighted by Gasteiger charge is 2.32. The van der Waals surface area contributed by atoms with Crippen LogP contribution < -0.4 is 5.32 Å². The monoisotopic (exact) mass is 522 g/mol. The van der Waals surface area contributed by atoms with Crippen LogP contribution in [0.25, 0.3) is 0 Å². The van der Waals surface area contributed by atoms with E-state index in [0.717, 1.165) is 42.4 Å². The lowest BCUT2D eigenvalue weighted by atomic mass is 10.0. The first-order valence-electron chi connectivity index (χ1n) is 12.6. The number of hydrogen-bond donors (Lipinski definition) is 1. The van der Waals surface area contributed by atoms with Crippen molar-refractivity contribution in [3.05, 3.63) is 106 Å². The van der Waals surface area contributed by atoms with Crippen LogP contribution in [0.2, 0.25) is 10.0 Å². The summed E-state index contributed by atoms with van der Waals surface area (Å²) < 4.78 is 0. The number of nitrogens with one attached hydrogen (secondary N) is 1. The molecule has 0 heterocycles. The van der Waals surface area contributed by atoms with E-state index in [-0.39, 0.29) is 24.4 Å². The van der Waals surface area contributed by atoms with Gasteiger partial charge >= 0.3 is 0 Å². The molecule has 2 amide bonds. The summed E-state index contributed by atoms with van der Waals surface area (Å²) in [6.07, 6.45) is 5.58. The van der Waals surface area contributed by atoms with E-state index in [2.05, 4.69) is 5.32 Å². The van der Waals surface area contributed by atoms with Crippen LogP contribution in [0.1, 0.15) is 48.8 Å². The minimum absolute atomic E-state index is 0.0626. The number of amides is 2. The average molecular weight is 524 g/mol. The quantitative estimate of drug-likeness (QED) is 0.325. The third-order valence-corrected chi connectivity index (χ3v) is 7.52. The van der Waals surface area contributed by atoms with Crippen LogP contribution >= 0.6 is 23.2 Å². The van der Waals surface area contributed by atoms with Gasteiger partial charge in [0.15, 0.2) is 0 Å². The number of halogens is 2. The number of aryl methyl sites for hydroxylation is 1. The molecule has 6 heteroatoms. The van der Waals surface area contributed by atoms with Crippen molar-refractivity contribution in [2.45, 2.75) is 63.6 Å². The summed E-state index contributed by atoms with van der Waals surface area (Å²) in [6.45, 7) is 0.278. The van der Waals surface area contributed by atoms with Crippen LogP contribution in [-0.4, -0.2) is 28.8 Å². The van der Waals surface area contributed by atoms with Crippen LogP contribution in [0.5, 0.6) is 0 Å². The summed E-state index contributed by atoms with van der Waals surface area (Å²) >= 11 is 12.4. The molecule has 36 heavy (non-hydrogen) atoms. The van der Waals surface area contributed by atoms with Crippen molar-refractivity contribution in [3.8, 4) is 0 Å². The van der Waals surface area contributed by atoms with Gasteiger partial charge in [-0.15, -0.1) is 0 Å². The molecule has 0 bridgehead atoms. The highest BCUT2D eigenvalue weighted by Crippen LogP contribution is 2.25. The van der Waals surface area contributed by atoms with E-state index >= 15 is 0 Å².